The molecule has 192 valence electrons. The van der Waals surface area contributed by atoms with Gasteiger partial charge >= 0.3 is 0 Å². The van der Waals surface area contributed by atoms with Gasteiger partial charge in [-0.3, -0.25) is 4.79 Å². The number of anilines is 1. The third kappa shape index (κ3) is 6.27. The number of aromatic nitrogens is 1. The Morgan fingerprint density at radius 1 is 1.08 bits per heavy atom. The Balaban J connectivity index is 1.03. The van der Waals surface area contributed by atoms with E-state index in [0.717, 1.165) is 62.0 Å². The van der Waals surface area contributed by atoms with Crippen LogP contribution < -0.4 is 10.2 Å². The zero-order chi connectivity index (χ0) is 24.9. The van der Waals surface area contributed by atoms with Crippen LogP contribution >= 0.6 is 11.3 Å². The first-order valence-electron chi connectivity index (χ1n) is 13.7. The molecule has 6 heteroatoms. The highest BCUT2D eigenvalue weighted by atomic mass is 32.1. The van der Waals surface area contributed by atoms with Crippen molar-refractivity contribution in [1.82, 2.24) is 15.2 Å². The number of thiazole rings is 1. The number of nitrogens with one attached hydrogen (secondary N) is 1. The second-order valence-electron chi connectivity index (χ2n) is 10.8. The molecule has 2 saturated heterocycles. The number of fused-ring (bicyclic) bond motifs is 1. The summed E-state index contributed by atoms with van der Waals surface area (Å²) in [5.74, 6) is 1.08. The van der Waals surface area contributed by atoms with Crippen molar-refractivity contribution in [3.8, 4) is 0 Å². The van der Waals surface area contributed by atoms with Crippen molar-refractivity contribution in [2.24, 2.45) is 11.8 Å². The number of hydrogen-bond acceptors (Lipinski definition) is 5. The Kier molecular flexibility index (Phi) is 8.22. The van der Waals surface area contributed by atoms with Crippen molar-refractivity contribution < 1.29 is 4.79 Å². The predicted molar refractivity (Wildman–Crippen MR) is 151 cm³/mol. The molecule has 36 heavy (non-hydrogen) atoms. The third-order valence-corrected chi connectivity index (χ3v) is 8.97. The van der Waals surface area contributed by atoms with Crippen molar-refractivity contribution >= 4 is 32.6 Å². The van der Waals surface area contributed by atoms with Gasteiger partial charge in [0.15, 0.2) is 5.13 Å². The molecule has 0 spiro atoms. The van der Waals surface area contributed by atoms with Gasteiger partial charge in [0.2, 0.25) is 5.91 Å². The standard InChI is InChI=1S/C30H40N4OS/c1-22-18-23(2)28-27(19-22)36-30(32-28)34-15-6-10-26(21-34)29(35)31-13-7-14-33-16-11-25(12-17-33)20-24-8-4-3-5-9-24/h3-5,8-9,18-19,25-26H,6-7,10-17,20-21H2,1-2H3,(H,31,35)/t26-/m0/s1. The van der Waals surface area contributed by atoms with Crippen molar-refractivity contribution in [2.45, 2.75) is 52.4 Å². The zero-order valence-corrected chi connectivity index (χ0v) is 22.7. The molecule has 3 aromatic rings. The van der Waals surface area contributed by atoms with Crippen LogP contribution in [0.3, 0.4) is 0 Å². The van der Waals surface area contributed by atoms with Gasteiger partial charge in [-0.25, -0.2) is 4.98 Å². The fraction of sp³-hybridized carbons (Fsp3) is 0.533. The summed E-state index contributed by atoms with van der Waals surface area (Å²) >= 11 is 1.76. The van der Waals surface area contributed by atoms with E-state index in [1.54, 1.807) is 11.3 Å². The molecule has 2 fully saturated rings. The minimum absolute atomic E-state index is 0.0577. The number of carbonyl (C=O) groups is 1. The van der Waals surface area contributed by atoms with E-state index in [9.17, 15) is 4.79 Å². The van der Waals surface area contributed by atoms with E-state index < -0.39 is 0 Å². The van der Waals surface area contributed by atoms with E-state index in [1.165, 1.54) is 53.7 Å². The number of carbonyl (C=O) groups excluding carboxylic acids is 1. The van der Waals surface area contributed by atoms with Crippen LogP contribution in [0.15, 0.2) is 42.5 Å². The first kappa shape index (κ1) is 25.2. The van der Waals surface area contributed by atoms with E-state index in [1.807, 2.05) is 0 Å². The van der Waals surface area contributed by atoms with Gasteiger partial charge in [0.1, 0.15) is 0 Å². The number of nitrogens with zero attached hydrogens (tertiary/aromatic N) is 3. The molecular weight excluding hydrogens is 464 g/mol. The van der Waals surface area contributed by atoms with Gasteiger partial charge in [0, 0.05) is 19.6 Å². The van der Waals surface area contributed by atoms with Crippen LogP contribution in [0.4, 0.5) is 5.13 Å². The molecule has 3 heterocycles. The highest BCUT2D eigenvalue weighted by Crippen LogP contribution is 2.33. The van der Waals surface area contributed by atoms with Gasteiger partial charge in [-0.1, -0.05) is 47.7 Å². The summed E-state index contributed by atoms with van der Waals surface area (Å²) in [6, 6.07) is 15.3. The molecule has 1 N–H and O–H groups in total. The molecule has 5 nitrogen and oxygen atoms in total. The molecule has 1 atom stereocenters. The van der Waals surface area contributed by atoms with E-state index in [4.69, 9.17) is 4.98 Å². The highest BCUT2D eigenvalue weighted by molar-refractivity contribution is 7.22. The summed E-state index contributed by atoms with van der Waals surface area (Å²) in [4.78, 5) is 22.8. The van der Waals surface area contributed by atoms with Crippen LogP contribution in [0, 0.1) is 25.7 Å². The fourth-order valence-corrected chi connectivity index (χ4v) is 7.06. The number of amides is 1. The lowest BCUT2D eigenvalue weighted by Crippen LogP contribution is -2.43. The molecule has 0 saturated carbocycles. The first-order valence-corrected chi connectivity index (χ1v) is 14.5. The monoisotopic (exact) mass is 504 g/mol. The predicted octanol–water partition coefficient (Wildman–Crippen LogP) is 5.59. The van der Waals surface area contributed by atoms with Gasteiger partial charge < -0.3 is 15.1 Å². The molecule has 0 radical (unpaired) electrons. The molecule has 0 aliphatic carbocycles. The van der Waals surface area contributed by atoms with Gasteiger partial charge in [-0.05, 0) is 101 Å². The topological polar surface area (TPSA) is 48.5 Å². The van der Waals surface area contributed by atoms with Crippen molar-refractivity contribution in [2.75, 3.05) is 44.2 Å². The van der Waals surface area contributed by atoms with E-state index in [2.05, 4.69) is 71.4 Å². The lowest BCUT2D eigenvalue weighted by atomic mass is 9.90. The average molecular weight is 505 g/mol. The number of aryl methyl sites for hydroxylation is 2. The van der Waals surface area contributed by atoms with Crippen molar-refractivity contribution in [3.63, 3.8) is 0 Å². The van der Waals surface area contributed by atoms with Crippen molar-refractivity contribution in [1.29, 1.82) is 0 Å². The maximum absolute atomic E-state index is 12.9. The van der Waals surface area contributed by atoms with Crippen LogP contribution in [0.5, 0.6) is 0 Å². The van der Waals surface area contributed by atoms with Gasteiger partial charge in [0.05, 0.1) is 16.1 Å². The van der Waals surface area contributed by atoms with Gasteiger partial charge in [0.25, 0.3) is 0 Å². The Morgan fingerprint density at radius 2 is 1.89 bits per heavy atom. The molecule has 0 unspecified atom stereocenters. The minimum Gasteiger partial charge on any atom is -0.356 e. The molecule has 1 amide bonds. The lowest BCUT2D eigenvalue weighted by molar-refractivity contribution is -0.125. The van der Waals surface area contributed by atoms with Crippen LogP contribution in [-0.2, 0) is 11.2 Å². The summed E-state index contributed by atoms with van der Waals surface area (Å²) in [6.45, 7) is 10.3. The highest BCUT2D eigenvalue weighted by Gasteiger charge is 2.27. The third-order valence-electron chi connectivity index (χ3n) is 7.91. The second-order valence-corrected chi connectivity index (χ2v) is 11.8. The summed E-state index contributed by atoms with van der Waals surface area (Å²) in [5.41, 5.74) is 5.09. The summed E-state index contributed by atoms with van der Waals surface area (Å²) in [6.07, 6.45) is 6.82. The Bertz CT molecular complexity index is 1150. The minimum atomic E-state index is 0.0577. The number of rotatable bonds is 8. The maximum Gasteiger partial charge on any atom is 0.224 e. The number of benzene rings is 2. The lowest BCUT2D eigenvalue weighted by Gasteiger charge is -2.32. The first-order chi connectivity index (χ1) is 17.5. The van der Waals surface area contributed by atoms with Crippen LogP contribution in [-0.4, -0.2) is 55.1 Å². The van der Waals surface area contributed by atoms with Crippen LogP contribution in [0.2, 0.25) is 0 Å². The summed E-state index contributed by atoms with van der Waals surface area (Å²) in [5, 5.41) is 4.30. The fourth-order valence-electron chi connectivity index (χ4n) is 5.88. The largest absolute Gasteiger partial charge is 0.356 e. The van der Waals surface area contributed by atoms with E-state index >= 15 is 0 Å². The van der Waals surface area contributed by atoms with Gasteiger partial charge in [-0.2, -0.15) is 0 Å². The molecule has 2 aromatic carbocycles. The summed E-state index contributed by atoms with van der Waals surface area (Å²) in [7, 11) is 0. The SMILES string of the molecule is Cc1cc(C)c2nc(N3CCC[C@H](C(=O)NCCCN4CCC(Cc5ccccc5)CC4)C3)sc2c1. The Hall–Kier alpha value is -2.44. The number of likely N-dealkylation sites (tertiary alicyclic amines) is 1. The molecular formula is C30H40N4OS. The normalized spacial score (nSPS) is 19.6. The van der Waals surface area contributed by atoms with Crippen LogP contribution in [0.1, 0.15) is 48.8 Å². The molecule has 2 aliphatic heterocycles. The number of piperidine rings is 2. The Morgan fingerprint density at radius 3 is 2.69 bits per heavy atom. The quantitative estimate of drug-likeness (QED) is 0.406. The Labute approximate surface area is 219 Å². The van der Waals surface area contributed by atoms with Gasteiger partial charge in [-0.15, -0.1) is 0 Å². The summed E-state index contributed by atoms with van der Waals surface area (Å²) < 4.78 is 1.25. The molecule has 2 aliphatic rings. The molecule has 1 aromatic heterocycles. The van der Waals surface area contributed by atoms with Crippen LogP contribution in [0.25, 0.3) is 10.2 Å². The molecule has 0 bridgehead atoms. The number of hydrogen-bond donors (Lipinski definition) is 1. The zero-order valence-electron chi connectivity index (χ0n) is 21.8. The van der Waals surface area contributed by atoms with Crippen molar-refractivity contribution in [3.05, 3.63) is 59.2 Å². The van der Waals surface area contributed by atoms with E-state index in [0.29, 0.717) is 0 Å². The van der Waals surface area contributed by atoms with E-state index in [-0.39, 0.29) is 11.8 Å². The average Bonchev–Trinajstić information content (AvgIpc) is 3.33. The smallest absolute Gasteiger partial charge is 0.224 e. The maximum atomic E-state index is 12.9. The second kappa shape index (κ2) is 11.7. The molecule has 5 rings (SSSR count).